The van der Waals surface area contributed by atoms with Crippen molar-refractivity contribution in [2.24, 2.45) is 0 Å². The maximum atomic E-state index is 11.1. The molecule has 0 radical (unpaired) electrons. The van der Waals surface area contributed by atoms with Crippen LogP contribution in [0.1, 0.15) is 30.4 Å². The van der Waals surface area contributed by atoms with Crippen molar-refractivity contribution in [1.29, 1.82) is 0 Å². The van der Waals surface area contributed by atoms with Gasteiger partial charge in [-0.25, -0.2) is 4.79 Å². The molecule has 1 aromatic carbocycles. The van der Waals surface area contributed by atoms with Crippen LogP contribution in [0.5, 0.6) is 0 Å². The molecule has 20 heavy (non-hydrogen) atoms. The molecule has 0 saturated heterocycles. The third-order valence-corrected chi connectivity index (χ3v) is 3.64. The lowest BCUT2D eigenvalue weighted by atomic mass is 10.0. The third kappa shape index (κ3) is 3.61. The molecule has 1 atom stereocenters. The molecule has 1 unspecified atom stereocenters. The zero-order chi connectivity index (χ0) is 14.5. The molecule has 108 valence electrons. The Labute approximate surface area is 119 Å². The van der Waals surface area contributed by atoms with Crippen molar-refractivity contribution in [2.75, 3.05) is 7.05 Å². The number of hydrogen-bond donors (Lipinski definition) is 0. The first-order valence-corrected chi connectivity index (χ1v) is 6.93. The van der Waals surface area contributed by atoms with E-state index in [-0.39, 0.29) is 0 Å². The summed E-state index contributed by atoms with van der Waals surface area (Å²) in [5, 5.41) is 0. The quantitative estimate of drug-likeness (QED) is 0.813. The summed E-state index contributed by atoms with van der Waals surface area (Å²) in [6, 6.07) is 10.8. The fourth-order valence-corrected chi connectivity index (χ4v) is 2.37. The lowest BCUT2D eigenvalue weighted by molar-refractivity contribution is 0.206. The van der Waals surface area contributed by atoms with Gasteiger partial charge in [-0.3, -0.25) is 4.90 Å². The summed E-state index contributed by atoms with van der Waals surface area (Å²) >= 11 is 0. The van der Waals surface area contributed by atoms with Crippen LogP contribution in [0.2, 0.25) is 0 Å². The summed E-state index contributed by atoms with van der Waals surface area (Å²) in [7, 11) is 2.05. The Kier molecular flexibility index (Phi) is 4.79. The largest absolute Gasteiger partial charge is 0.519 e. The van der Waals surface area contributed by atoms with Crippen LogP contribution >= 0.6 is 0 Å². The van der Waals surface area contributed by atoms with Crippen molar-refractivity contribution in [1.82, 2.24) is 4.90 Å². The molecule has 1 heterocycles. The Hall–Kier alpha value is -1.81. The van der Waals surface area contributed by atoms with Crippen LogP contribution in [0.25, 0.3) is 0 Å². The Balaban J connectivity index is 2.04. The second-order valence-electron chi connectivity index (χ2n) is 5.10. The Morgan fingerprint density at radius 2 is 1.90 bits per heavy atom. The SMILES string of the molecule is CCC(Cc1ccccc1)N(C)Cc1oc(=O)oc1C. The molecule has 0 fully saturated rings. The van der Waals surface area contributed by atoms with Crippen molar-refractivity contribution in [2.45, 2.75) is 39.3 Å². The number of rotatable bonds is 6. The smallest absolute Gasteiger partial charge is 0.396 e. The Bertz CT molecular complexity index is 585. The summed E-state index contributed by atoms with van der Waals surface area (Å²) in [4.78, 5) is 13.3. The molecule has 0 aliphatic carbocycles. The minimum Gasteiger partial charge on any atom is -0.396 e. The zero-order valence-electron chi connectivity index (χ0n) is 12.3. The molecule has 1 aromatic heterocycles. The van der Waals surface area contributed by atoms with Crippen LogP contribution in [0.15, 0.2) is 44.0 Å². The molecule has 0 N–H and O–H groups in total. The van der Waals surface area contributed by atoms with E-state index in [1.807, 2.05) is 13.1 Å². The van der Waals surface area contributed by atoms with Crippen LogP contribution < -0.4 is 5.82 Å². The van der Waals surface area contributed by atoms with E-state index >= 15 is 0 Å². The molecular weight excluding hydrogens is 254 g/mol. The van der Waals surface area contributed by atoms with Gasteiger partial charge in [0.1, 0.15) is 5.76 Å². The first kappa shape index (κ1) is 14.6. The highest BCUT2D eigenvalue weighted by molar-refractivity contribution is 5.16. The van der Waals surface area contributed by atoms with Gasteiger partial charge in [-0.1, -0.05) is 37.3 Å². The van der Waals surface area contributed by atoms with Crippen molar-refractivity contribution in [3.63, 3.8) is 0 Å². The van der Waals surface area contributed by atoms with Gasteiger partial charge in [-0.05, 0) is 32.4 Å². The lowest BCUT2D eigenvalue weighted by Gasteiger charge is -2.26. The molecule has 2 rings (SSSR count). The summed E-state index contributed by atoms with van der Waals surface area (Å²) in [5.41, 5.74) is 1.32. The van der Waals surface area contributed by atoms with E-state index in [0.29, 0.717) is 24.1 Å². The number of aryl methyl sites for hydroxylation is 1. The molecule has 0 aliphatic rings. The number of benzene rings is 1. The second-order valence-corrected chi connectivity index (χ2v) is 5.10. The van der Waals surface area contributed by atoms with Crippen molar-refractivity contribution < 1.29 is 8.83 Å². The highest BCUT2D eigenvalue weighted by Gasteiger charge is 2.17. The van der Waals surface area contributed by atoms with Gasteiger partial charge in [0.15, 0.2) is 5.76 Å². The summed E-state index contributed by atoms with van der Waals surface area (Å²) in [5.74, 6) is 0.558. The molecule has 4 nitrogen and oxygen atoms in total. The van der Waals surface area contributed by atoms with Gasteiger partial charge < -0.3 is 8.83 Å². The molecule has 0 aliphatic heterocycles. The summed E-state index contributed by atoms with van der Waals surface area (Å²) in [6.45, 7) is 4.51. The van der Waals surface area contributed by atoms with Gasteiger partial charge in [0.25, 0.3) is 0 Å². The minimum atomic E-state index is -0.623. The molecule has 4 heteroatoms. The Morgan fingerprint density at radius 3 is 2.45 bits per heavy atom. The van der Waals surface area contributed by atoms with E-state index in [0.717, 1.165) is 12.8 Å². The van der Waals surface area contributed by atoms with Gasteiger partial charge in [0.2, 0.25) is 0 Å². The zero-order valence-corrected chi connectivity index (χ0v) is 12.3. The van der Waals surface area contributed by atoms with Crippen LogP contribution in [0, 0.1) is 6.92 Å². The van der Waals surface area contributed by atoms with E-state index < -0.39 is 5.82 Å². The third-order valence-electron chi connectivity index (χ3n) is 3.64. The van der Waals surface area contributed by atoms with Gasteiger partial charge in [0.05, 0.1) is 6.54 Å². The minimum absolute atomic E-state index is 0.400. The van der Waals surface area contributed by atoms with Crippen LogP contribution in [-0.2, 0) is 13.0 Å². The van der Waals surface area contributed by atoms with Gasteiger partial charge in [-0.2, -0.15) is 0 Å². The summed E-state index contributed by atoms with van der Waals surface area (Å²) in [6.07, 6.45) is 2.02. The highest BCUT2D eigenvalue weighted by Crippen LogP contribution is 2.15. The van der Waals surface area contributed by atoms with Crippen molar-refractivity contribution in [3.05, 3.63) is 58.0 Å². The first-order valence-electron chi connectivity index (χ1n) is 6.93. The highest BCUT2D eigenvalue weighted by atomic mass is 16.6. The topological polar surface area (TPSA) is 46.6 Å². The van der Waals surface area contributed by atoms with E-state index in [1.165, 1.54) is 5.56 Å². The van der Waals surface area contributed by atoms with E-state index in [1.54, 1.807) is 6.92 Å². The van der Waals surface area contributed by atoms with E-state index in [4.69, 9.17) is 8.83 Å². The van der Waals surface area contributed by atoms with E-state index in [2.05, 4.69) is 36.1 Å². The maximum Gasteiger partial charge on any atom is 0.519 e. The maximum absolute atomic E-state index is 11.1. The van der Waals surface area contributed by atoms with Crippen LogP contribution in [0.3, 0.4) is 0 Å². The lowest BCUT2D eigenvalue weighted by Crippen LogP contribution is -2.32. The molecule has 0 bridgehead atoms. The fourth-order valence-electron chi connectivity index (χ4n) is 2.37. The normalized spacial score (nSPS) is 12.8. The Morgan fingerprint density at radius 1 is 1.20 bits per heavy atom. The average molecular weight is 275 g/mol. The number of hydrogen-bond acceptors (Lipinski definition) is 4. The van der Waals surface area contributed by atoms with Gasteiger partial charge >= 0.3 is 5.82 Å². The molecular formula is C16H21NO3. The van der Waals surface area contributed by atoms with Crippen molar-refractivity contribution >= 4 is 0 Å². The van der Waals surface area contributed by atoms with Crippen molar-refractivity contribution in [3.8, 4) is 0 Å². The molecule has 0 spiro atoms. The fraction of sp³-hybridized carbons (Fsp3) is 0.438. The van der Waals surface area contributed by atoms with E-state index in [9.17, 15) is 4.79 Å². The standard InChI is InChI=1S/C16H21NO3/c1-4-14(10-13-8-6-5-7-9-13)17(3)11-15-12(2)19-16(18)20-15/h5-9,14H,4,10-11H2,1-3H3. The number of nitrogens with zero attached hydrogens (tertiary/aromatic N) is 1. The molecule has 0 amide bonds. The first-order chi connectivity index (χ1) is 9.60. The van der Waals surface area contributed by atoms with Gasteiger partial charge in [0, 0.05) is 6.04 Å². The number of likely N-dealkylation sites (N-methyl/N-ethyl adjacent to an activating group) is 1. The monoisotopic (exact) mass is 275 g/mol. The molecule has 0 saturated carbocycles. The predicted octanol–water partition coefficient (Wildman–Crippen LogP) is 2.99. The molecule has 2 aromatic rings. The van der Waals surface area contributed by atoms with Gasteiger partial charge in [-0.15, -0.1) is 0 Å². The van der Waals surface area contributed by atoms with Crippen LogP contribution in [-0.4, -0.2) is 18.0 Å². The summed E-state index contributed by atoms with van der Waals surface area (Å²) < 4.78 is 9.96. The second kappa shape index (κ2) is 6.57. The average Bonchev–Trinajstić information content (AvgIpc) is 2.75. The van der Waals surface area contributed by atoms with Crippen LogP contribution in [0.4, 0.5) is 0 Å². The predicted molar refractivity (Wildman–Crippen MR) is 77.7 cm³/mol.